The van der Waals surface area contributed by atoms with Gasteiger partial charge in [0.2, 0.25) is 26.0 Å². The number of anilines is 1. The molecule has 0 aliphatic carbocycles. The Balaban J connectivity index is 1.80. The number of nitrogens with one attached hydrogen (secondary N) is 1. The number of sulfonamides is 2. The Labute approximate surface area is 163 Å². The molecular formula is C17H17ClN2O5S2. The smallest absolute Gasteiger partial charge is 0.244 e. The van der Waals surface area contributed by atoms with Crippen LogP contribution in [-0.4, -0.2) is 28.5 Å². The topological polar surface area (TPSA) is 101 Å². The summed E-state index contributed by atoms with van der Waals surface area (Å²) in [5.74, 6) is -1.41. The number of amides is 1. The summed E-state index contributed by atoms with van der Waals surface area (Å²) in [7, 11) is -7.56. The van der Waals surface area contributed by atoms with Gasteiger partial charge in [-0.25, -0.2) is 25.9 Å². The lowest BCUT2D eigenvalue weighted by Crippen LogP contribution is -2.30. The second kappa shape index (κ2) is 7.23. The van der Waals surface area contributed by atoms with Crippen molar-refractivity contribution in [3.8, 4) is 0 Å². The molecule has 0 radical (unpaired) electrons. The minimum Gasteiger partial charge on any atom is -0.273 e. The van der Waals surface area contributed by atoms with E-state index in [-0.39, 0.29) is 22.9 Å². The van der Waals surface area contributed by atoms with Crippen LogP contribution in [0.15, 0.2) is 53.4 Å². The molecule has 3 rings (SSSR count). The van der Waals surface area contributed by atoms with Gasteiger partial charge in [0.05, 0.1) is 22.3 Å². The molecule has 0 saturated carbocycles. The molecule has 1 saturated heterocycles. The van der Waals surface area contributed by atoms with E-state index in [1.807, 2.05) is 0 Å². The first kappa shape index (κ1) is 19.8. The van der Waals surface area contributed by atoms with Crippen LogP contribution in [0.2, 0.25) is 5.02 Å². The third-order valence-electron chi connectivity index (χ3n) is 4.15. The number of hydrogen-bond acceptors (Lipinski definition) is 5. The van der Waals surface area contributed by atoms with Gasteiger partial charge >= 0.3 is 0 Å². The highest BCUT2D eigenvalue weighted by Gasteiger charge is 2.41. The molecule has 27 heavy (non-hydrogen) atoms. The molecule has 144 valence electrons. The van der Waals surface area contributed by atoms with Crippen LogP contribution < -0.4 is 9.03 Å². The van der Waals surface area contributed by atoms with E-state index >= 15 is 0 Å². The zero-order chi connectivity index (χ0) is 19.8. The minimum atomic E-state index is -3.83. The minimum absolute atomic E-state index is 0.0141. The molecule has 1 heterocycles. The lowest BCUT2D eigenvalue weighted by atomic mass is 10.2. The van der Waals surface area contributed by atoms with Crippen molar-refractivity contribution in [1.29, 1.82) is 0 Å². The molecule has 10 heteroatoms. The predicted molar refractivity (Wildman–Crippen MR) is 102 cm³/mol. The first-order valence-electron chi connectivity index (χ1n) is 8.02. The summed E-state index contributed by atoms with van der Waals surface area (Å²) in [6, 6.07) is 12.0. The third-order valence-corrected chi connectivity index (χ3v) is 7.81. The Morgan fingerprint density at radius 3 is 2.33 bits per heavy atom. The maximum atomic E-state index is 12.4. The monoisotopic (exact) mass is 428 g/mol. The van der Waals surface area contributed by atoms with Gasteiger partial charge in [0.15, 0.2) is 0 Å². The van der Waals surface area contributed by atoms with Crippen LogP contribution in [-0.2, 0) is 31.4 Å². The summed E-state index contributed by atoms with van der Waals surface area (Å²) < 4.78 is 52.3. The quantitative estimate of drug-likeness (QED) is 0.786. The van der Waals surface area contributed by atoms with Crippen LogP contribution in [0, 0.1) is 5.92 Å². The largest absolute Gasteiger partial charge is 0.273 e. The third kappa shape index (κ3) is 4.01. The Hall–Kier alpha value is -1.94. The number of nitrogens with zero attached hydrogens (tertiary/aromatic N) is 1. The SMILES string of the molecule is CC1CS(=O)(=O)N(c2ccc(S(=O)(=O)NCc3ccccc3Cl)cc2)C1=O. The number of rotatable bonds is 5. The van der Waals surface area contributed by atoms with E-state index in [1.165, 1.54) is 31.2 Å². The summed E-state index contributed by atoms with van der Waals surface area (Å²) in [6.07, 6.45) is 0. The van der Waals surface area contributed by atoms with E-state index in [9.17, 15) is 21.6 Å². The molecule has 7 nitrogen and oxygen atoms in total. The van der Waals surface area contributed by atoms with Gasteiger partial charge in [-0.1, -0.05) is 36.7 Å². The summed E-state index contributed by atoms with van der Waals surface area (Å²) >= 11 is 6.02. The first-order chi connectivity index (χ1) is 12.6. The van der Waals surface area contributed by atoms with Gasteiger partial charge in [-0.05, 0) is 35.9 Å². The lowest BCUT2D eigenvalue weighted by molar-refractivity contribution is -0.119. The van der Waals surface area contributed by atoms with E-state index in [1.54, 1.807) is 24.3 Å². The summed E-state index contributed by atoms with van der Waals surface area (Å²) in [5.41, 5.74) is 0.747. The second-order valence-corrected chi connectivity index (χ2v) is 10.2. The van der Waals surface area contributed by atoms with Crippen LogP contribution >= 0.6 is 11.6 Å². The van der Waals surface area contributed by atoms with Crippen LogP contribution in [0.4, 0.5) is 5.69 Å². The summed E-state index contributed by atoms with van der Waals surface area (Å²) in [6.45, 7) is 1.55. The second-order valence-electron chi connectivity index (χ2n) is 6.19. The molecule has 1 fully saturated rings. The van der Waals surface area contributed by atoms with Gasteiger partial charge in [0, 0.05) is 11.6 Å². The zero-order valence-corrected chi connectivity index (χ0v) is 16.7. The fraction of sp³-hybridized carbons (Fsp3) is 0.235. The van der Waals surface area contributed by atoms with Crippen molar-refractivity contribution >= 4 is 43.2 Å². The van der Waals surface area contributed by atoms with Crippen molar-refractivity contribution < 1.29 is 21.6 Å². The van der Waals surface area contributed by atoms with Crippen molar-refractivity contribution in [2.45, 2.75) is 18.4 Å². The standard InChI is InChI=1S/C17H17ClN2O5S2/c1-12-11-26(22,23)20(17(12)21)14-6-8-15(9-7-14)27(24,25)19-10-13-4-2-3-5-16(13)18/h2-9,12,19H,10-11H2,1H3. The van der Waals surface area contributed by atoms with Crippen LogP contribution in [0.1, 0.15) is 12.5 Å². The van der Waals surface area contributed by atoms with Crippen molar-refractivity contribution in [2.24, 2.45) is 5.92 Å². The van der Waals surface area contributed by atoms with Crippen LogP contribution in [0.5, 0.6) is 0 Å². The average Bonchev–Trinajstić information content (AvgIpc) is 2.81. The summed E-state index contributed by atoms with van der Waals surface area (Å²) in [4.78, 5) is 12.1. The fourth-order valence-electron chi connectivity index (χ4n) is 2.75. The Morgan fingerprint density at radius 1 is 1.15 bits per heavy atom. The fourth-order valence-corrected chi connectivity index (χ4v) is 5.78. The van der Waals surface area contributed by atoms with Crippen LogP contribution in [0.25, 0.3) is 0 Å². The highest BCUT2D eigenvalue weighted by atomic mass is 35.5. The van der Waals surface area contributed by atoms with Crippen molar-refractivity contribution in [2.75, 3.05) is 10.1 Å². The van der Waals surface area contributed by atoms with E-state index in [4.69, 9.17) is 11.6 Å². The van der Waals surface area contributed by atoms with E-state index in [0.29, 0.717) is 10.6 Å². The van der Waals surface area contributed by atoms with Gasteiger partial charge in [0.1, 0.15) is 0 Å². The van der Waals surface area contributed by atoms with E-state index < -0.39 is 31.9 Å². The van der Waals surface area contributed by atoms with E-state index in [2.05, 4.69) is 4.72 Å². The number of hydrogen-bond donors (Lipinski definition) is 1. The molecule has 1 N–H and O–H groups in total. The maximum absolute atomic E-state index is 12.4. The molecule has 1 amide bonds. The molecule has 2 aromatic rings. The molecule has 2 aromatic carbocycles. The number of benzene rings is 2. The highest BCUT2D eigenvalue weighted by molar-refractivity contribution is 7.94. The zero-order valence-electron chi connectivity index (χ0n) is 14.3. The van der Waals surface area contributed by atoms with Crippen molar-refractivity contribution in [3.05, 3.63) is 59.1 Å². The van der Waals surface area contributed by atoms with Gasteiger partial charge in [-0.3, -0.25) is 4.79 Å². The molecule has 1 unspecified atom stereocenters. The highest BCUT2D eigenvalue weighted by Crippen LogP contribution is 2.29. The molecular weight excluding hydrogens is 412 g/mol. The molecule has 0 bridgehead atoms. The van der Waals surface area contributed by atoms with E-state index in [0.717, 1.165) is 4.31 Å². The predicted octanol–water partition coefficient (Wildman–Crippen LogP) is 2.13. The van der Waals surface area contributed by atoms with Gasteiger partial charge in [-0.2, -0.15) is 0 Å². The number of carbonyl (C=O) groups is 1. The molecule has 0 spiro atoms. The Morgan fingerprint density at radius 2 is 1.78 bits per heavy atom. The van der Waals surface area contributed by atoms with Gasteiger partial charge < -0.3 is 0 Å². The van der Waals surface area contributed by atoms with Crippen molar-refractivity contribution in [3.63, 3.8) is 0 Å². The lowest BCUT2D eigenvalue weighted by Gasteiger charge is -2.16. The Bertz CT molecular complexity index is 1080. The molecule has 1 aliphatic rings. The molecule has 0 aromatic heterocycles. The number of halogens is 1. The van der Waals surface area contributed by atoms with Gasteiger partial charge in [0.25, 0.3) is 0 Å². The normalized spacial score (nSPS) is 19.4. The van der Waals surface area contributed by atoms with Crippen LogP contribution in [0.3, 0.4) is 0 Å². The molecule has 1 atom stereocenters. The Kier molecular flexibility index (Phi) is 5.31. The summed E-state index contributed by atoms with van der Waals surface area (Å²) in [5, 5.41) is 0.447. The van der Waals surface area contributed by atoms with Crippen molar-refractivity contribution in [1.82, 2.24) is 4.72 Å². The maximum Gasteiger partial charge on any atom is 0.244 e. The number of carbonyl (C=O) groups excluding carboxylic acids is 1. The van der Waals surface area contributed by atoms with Gasteiger partial charge in [-0.15, -0.1) is 0 Å². The average molecular weight is 429 g/mol. The first-order valence-corrected chi connectivity index (χ1v) is 11.5. The molecule has 1 aliphatic heterocycles.